The van der Waals surface area contributed by atoms with E-state index >= 15 is 0 Å². The van der Waals surface area contributed by atoms with Gasteiger partial charge in [0.1, 0.15) is 0 Å². The van der Waals surface area contributed by atoms with Gasteiger partial charge in [0, 0.05) is 18.8 Å². The predicted molar refractivity (Wildman–Crippen MR) is 81.0 cm³/mol. The summed E-state index contributed by atoms with van der Waals surface area (Å²) in [6, 6.07) is 4.01. The van der Waals surface area contributed by atoms with Crippen LogP contribution in [-0.4, -0.2) is 35.2 Å². The molecule has 1 fully saturated rings. The van der Waals surface area contributed by atoms with Gasteiger partial charge in [0.2, 0.25) is 0 Å². The van der Waals surface area contributed by atoms with E-state index in [-0.39, 0.29) is 11.9 Å². The van der Waals surface area contributed by atoms with Gasteiger partial charge in [-0.05, 0) is 44.2 Å². The van der Waals surface area contributed by atoms with Crippen LogP contribution in [-0.2, 0) is 0 Å². The van der Waals surface area contributed by atoms with Crippen molar-refractivity contribution in [3.63, 3.8) is 0 Å². The lowest BCUT2D eigenvalue weighted by molar-refractivity contribution is 0.0463. The second kappa shape index (κ2) is 5.83. The highest BCUT2D eigenvalue weighted by Crippen LogP contribution is 2.23. The number of aryl methyl sites for hydroxylation is 3. The third-order valence-corrected chi connectivity index (χ3v) is 4.11. The number of nitrogens with one attached hydrogen (secondary N) is 1. The van der Waals surface area contributed by atoms with Gasteiger partial charge < -0.3 is 15.3 Å². The average molecular weight is 276 g/mol. The van der Waals surface area contributed by atoms with Gasteiger partial charge in [-0.15, -0.1) is 0 Å². The molecule has 1 aromatic rings. The Kier molecular flexibility index (Phi) is 4.33. The van der Waals surface area contributed by atoms with Gasteiger partial charge >= 0.3 is 6.03 Å². The van der Waals surface area contributed by atoms with Gasteiger partial charge in [-0.25, -0.2) is 4.79 Å². The summed E-state index contributed by atoms with van der Waals surface area (Å²) in [4.78, 5) is 14.0. The Morgan fingerprint density at radius 2 is 1.90 bits per heavy atom. The second-order valence-corrected chi connectivity index (χ2v) is 5.98. The van der Waals surface area contributed by atoms with E-state index in [1.54, 1.807) is 4.90 Å². The molecule has 20 heavy (non-hydrogen) atoms. The Labute approximate surface area is 120 Å². The standard InChI is InChI=1S/C16H24N2O2/c1-10-7-12(3)15(13(4)8-10)17-16(20)18-6-5-11(2)14(19)9-18/h7-8,11,14,19H,5-6,9H2,1-4H3,(H,17,20). The number of benzene rings is 1. The first kappa shape index (κ1) is 14.9. The molecule has 2 unspecified atom stereocenters. The van der Waals surface area contributed by atoms with Crippen molar-refractivity contribution < 1.29 is 9.90 Å². The first-order valence-corrected chi connectivity index (χ1v) is 7.20. The Morgan fingerprint density at radius 3 is 2.45 bits per heavy atom. The molecule has 0 spiro atoms. The van der Waals surface area contributed by atoms with Crippen LogP contribution in [0, 0.1) is 26.7 Å². The largest absolute Gasteiger partial charge is 0.391 e. The zero-order chi connectivity index (χ0) is 14.9. The lowest BCUT2D eigenvalue weighted by Gasteiger charge is -2.34. The van der Waals surface area contributed by atoms with Crippen LogP contribution in [0.5, 0.6) is 0 Å². The molecule has 0 aliphatic carbocycles. The molecular weight excluding hydrogens is 252 g/mol. The van der Waals surface area contributed by atoms with Crippen molar-refractivity contribution in [3.8, 4) is 0 Å². The molecule has 4 heteroatoms. The number of β-amino-alcohol motifs (C(OH)–C–C–N with tert-alkyl or cyclic N) is 1. The van der Waals surface area contributed by atoms with Crippen molar-refractivity contribution in [2.75, 3.05) is 18.4 Å². The SMILES string of the molecule is Cc1cc(C)c(NC(=O)N2CCC(C)C(O)C2)c(C)c1. The molecule has 0 saturated carbocycles. The summed E-state index contributed by atoms with van der Waals surface area (Å²) in [6.45, 7) is 9.19. The maximum atomic E-state index is 12.3. The number of piperidine rings is 1. The van der Waals surface area contributed by atoms with E-state index in [1.807, 2.05) is 27.7 Å². The van der Waals surface area contributed by atoms with E-state index in [4.69, 9.17) is 0 Å². The summed E-state index contributed by atoms with van der Waals surface area (Å²) in [5, 5.41) is 12.9. The molecule has 1 saturated heterocycles. The normalized spacial score (nSPS) is 22.8. The molecule has 4 nitrogen and oxygen atoms in total. The number of aliphatic hydroxyl groups excluding tert-OH is 1. The van der Waals surface area contributed by atoms with Crippen LogP contribution in [0.2, 0.25) is 0 Å². The van der Waals surface area contributed by atoms with E-state index in [9.17, 15) is 9.90 Å². The van der Waals surface area contributed by atoms with Gasteiger partial charge in [0.25, 0.3) is 0 Å². The summed E-state index contributed by atoms with van der Waals surface area (Å²) in [7, 11) is 0. The summed E-state index contributed by atoms with van der Waals surface area (Å²) in [6.07, 6.45) is 0.426. The summed E-state index contributed by atoms with van der Waals surface area (Å²) in [5.74, 6) is 0.266. The zero-order valence-electron chi connectivity index (χ0n) is 12.7. The smallest absolute Gasteiger partial charge is 0.321 e. The van der Waals surface area contributed by atoms with Crippen LogP contribution >= 0.6 is 0 Å². The molecule has 2 amide bonds. The van der Waals surface area contributed by atoms with Crippen LogP contribution in [0.4, 0.5) is 10.5 Å². The highest BCUT2D eigenvalue weighted by atomic mass is 16.3. The second-order valence-electron chi connectivity index (χ2n) is 5.98. The molecule has 1 heterocycles. The van der Waals surface area contributed by atoms with Gasteiger partial charge in [0.05, 0.1) is 6.10 Å². The molecule has 2 N–H and O–H groups in total. The van der Waals surface area contributed by atoms with Crippen LogP contribution < -0.4 is 5.32 Å². The van der Waals surface area contributed by atoms with E-state index in [0.29, 0.717) is 13.1 Å². The van der Waals surface area contributed by atoms with E-state index < -0.39 is 6.10 Å². The number of urea groups is 1. The van der Waals surface area contributed by atoms with E-state index in [0.717, 1.165) is 23.2 Å². The van der Waals surface area contributed by atoms with Crippen LogP contribution in [0.1, 0.15) is 30.0 Å². The first-order valence-electron chi connectivity index (χ1n) is 7.20. The van der Waals surface area contributed by atoms with E-state index in [1.165, 1.54) is 5.56 Å². The number of amides is 2. The monoisotopic (exact) mass is 276 g/mol. The van der Waals surface area contributed by atoms with Crippen molar-refractivity contribution in [1.82, 2.24) is 4.90 Å². The third kappa shape index (κ3) is 3.12. The van der Waals surface area contributed by atoms with Gasteiger partial charge in [-0.1, -0.05) is 24.6 Å². The minimum absolute atomic E-state index is 0.119. The summed E-state index contributed by atoms with van der Waals surface area (Å²) >= 11 is 0. The average Bonchev–Trinajstić information content (AvgIpc) is 2.36. The minimum atomic E-state index is -0.422. The molecule has 110 valence electrons. The number of aliphatic hydroxyl groups is 1. The van der Waals surface area contributed by atoms with Gasteiger partial charge in [0.15, 0.2) is 0 Å². The molecule has 2 rings (SSSR count). The highest BCUT2D eigenvalue weighted by molar-refractivity contribution is 5.91. The predicted octanol–water partition coefficient (Wildman–Crippen LogP) is 2.85. The van der Waals surface area contributed by atoms with Crippen molar-refractivity contribution in [2.24, 2.45) is 5.92 Å². The third-order valence-electron chi connectivity index (χ3n) is 4.11. The number of hydrogen-bond donors (Lipinski definition) is 2. The number of rotatable bonds is 1. The Balaban J connectivity index is 2.09. The number of nitrogens with zero attached hydrogens (tertiary/aromatic N) is 1. The fraction of sp³-hybridized carbons (Fsp3) is 0.562. The van der Waals surface area contributed by atoms with Crippen LogP contribution in [0.15, 0.2) is 12.1 Å². The van der Waals surface area contributed by atoms with Crippen molar-refractivity contribution in [1.29, 1.82) is 0 Å². The number of likely N-dealkylation sites (tertiary alicyclic amines) is 1. The molecule has 1 aromatic carbocycles. The van der Waals surface area contributed by atoms with Gasteiger partial charge in [-0.2, -0.15) is 0 Å². The lowest BCUT2D eigenvalue weighted by Crippen LogP contribution is -2.47. The quantitative estimate of drug-likeness (QED) is 0.828. The number of carbonyl (C=O) groups excluding carboxylic acids is 1. The van der Waals surface area contributed by atoms with Crippen LogP contribution in [0.25, 0.3) is 0 Å². The summed E-state index contributed by atoms with van der Waals surface area (Å²) < 4.78 is 0. The van der Waals surface area contributed by atoms with Crippen molar-refractivity contribution in [3.05, 3.63) is 28.8 Å². The van der Waals surface area contributed by atoms with Crippen LogP contribution in [0.3, 0.4) is 0 Å². The maximum absolute atomic E-state index is 12.3. The molecule has 0 bridgehead atoms. The lowest BCUT2D eigenvalue weighted by atomic mass is 9.96. The van der Waals surface area contributed by atoms with E-state index in [2.05, 4.69) is 17.4 Å². The van der Waals surface area contributed by atoms with Crippen molar-refractivity contribution >= 4 is 11.7 Å². The highest BCUT2D eigenvalue weighted by Gasteiger charge is 2.27. The first-order chi connectivity index (χ1) is 9.38. The molecule has 0 radical (unpaired) electrons. The number of anilines is 1. The Bertz CT molecular complexity index is 490. The molecule has 1 aliphatic rings. The zero-order valence-corrected chi connectivity index (χ0v) is 12.7. The molecule has 1 aliphatic heterocycles. The Morgan fingerprint density at radius 1 is 1.30 bits per heavy atom. The maximum Gasteiger partial charge on any atom is 0.321 e. The Hall–Kier alpha value is -1.55. The minimum Gasteiger partial charge on any atom is -0.391 e. The fourth-order valence-electron chi connectivity index (χ4n) is 2.80. The number of carbonyl (C=O) groups is 1. The van der Waals surface area contributed by atoms with Crippen molar-refractivity contribution in [2.45, 2.75) is 40.2 Å². The molecule has 0 aromatic heterocycles. The fourth-order valence-corrected chi connectivity index (χ4v) is 2.80. The summed E-state index contributed by atoms with van der Waals surface area (Å²) in [5.41, 5.74) is 4.22. The topological polar surface area (TPSA) is 52.6 Å². The molecule has 2 atom stereocenters. The van der Waals surface area contributed by atoms with Gasteiger partial charge in [-0.3, -0.25) is 0 Å². The number of hydrogen-bond acceptors (Lipinski definition) is 2. The molecular formula is C16H24N2O2.